The maximum atomic E-state index is 6.01. The van der Waals surface area contributed by atoms with Gasteiger partial charge in [0.2, 0.25) is 0 Å². The van der Waals surface area contributed by atoms with E-state index in [1.54, 1.807) is 6.20 Å². The van der Waals surface area contributed by atoms with Gasteiger partial charge in [-0.05, 0) is 40.8 Å². The normalized spacial score (nSPS) is 24.7. The molecule has 5 heteroatoms. The lowest BCUT2D eigenvalue weighted by Gasteiger charge is -2.16. The SMILES string of the molecule is NC1CCCC1CNc1ncc(Cl)cc1Br. The Bertz CT molecular complexity index is 372. The average molecular weight is 305 g/mol. The summed E-state index contributed by atoms with van der Waals surface area (Å²) in [6.07, 6.45) is 5.23. The number of aromatic nitrogens is 1. The average Bonchev–Trinajstić information content (AvgIpc) is 2.63. The minimum atomic E-state index is 0.332. The summed E-state index contributed by atoms with van der Waals surface area (Å²) in [7, 11) is 0. The van der Waals surface area contributed by atoms with Gasteiger partial charge in [0.15, 0.2) is 0 Å². The van der Waals surface area contributed by atoms with Crippen LogP contribution in [-0.4, -0.2) is 17.6 Å². The maximum Gasteiger partial charge on any atom is 0.140 e. The van der Waals surface area contributed by atoms with Crippen LogP contribution in [0.1, 0.15) is 19.3 Å². The zero-order valence-electron chi connectivity index (χ0n) is 8.92. The number of rotatable bonds is 3. The molecule has 1 saturated carbocycles. The second kappa shape index (κ2) is 5.34. The summed E-state index contributed by atoms with van der Waals surface area (Å²) in [5, 5.41) is 3.95. The highest BCUT2D eigenvalue weighted by Crippen LogP contribution is 2.26. The Hall–Kier alpha value is -0.320. The molecule has 1 fully saturated rings. The van der Waals surface area contributed by atoms with Gasteiger partial charge in [0.25, 0.3) is 0 Å². The summed E-state index contributed by atoms with van der Waals surface area (Å²) in [5.74, 6) is 1.40. The molecule has 0 saturated heterocycles. The van der Waals surface area contributed by atoms with Gasteiger partial charge in [-0.2, -0.15) is 0 Å². The van der Waals surface area contributed by atoms with Crippen molar-refractivity contribution < 1.29 is 0 Å². The topological polar surface area (TPSA) is 50.9 Å². The fraction of sp³-hybridized carbons (Fsp3) is 0.545. The van der Waals surface area contributed by atoms with E-state index in [4.69, 9.17) is 17.3 Å². The minimum Gasteiger partial charge on any atom is -0.369 e. The summed E-state index contributed by atoms with van der Waals surface area (Å²) in [5.41, 5.74) is 6.01. The van der Waals surface area contributed by atoms with Crippen LogP contribution in [-0.2, 0) is 0 Å². The van der Waals surface area contributed by atoms with E-state index in [1.165, 1.54) is 12.8 Å². The summed E-state index contributed by atoms with van der Waals surface area (Å²) in [4.78, 5) is 4.23. The summed E-state index contributed by atoms with van der Waals surface area (Å²) in [6.45, 7) is 0.883. The summed E-state index contributed by atoms with van der Waals surface area (Å²) < 4.78 is 0.895. The Kier molecular flexibility index (Phi) is 4.05. The van der Waals surface area contributed by atoms with E-state index in [1.807, 2.05) is 6.07 Å². The first kappa shape index (κ1) is 12.1. The van der Waals surface area contributed by atoms with E-state index in [0.29, 0.717) is 17.0 Å². The predicted octanol–water partition coefficient (Wildman–Crippen LogP) is 3.04. The molecule has 1 aliphatic rings. The molecule has 0 aromatic carbocycles. The Morgan fingerprint density at radius 1 is 1.56 bits per heavy atom. The van der Waals surface area contributed by atoms with Crippen LogP contribution in [0.25, 0.3) is 0 Å². The lowest BCUT2D eigenvalue weighted by atomic mass is 10.1. The molecule has 0 amide bonds. The number of anilines is 1. The van der Waals surface area contributed by atoms with Gasteiger partial charge in [-0.1, -0.05) is 18.0 Å². The van der Waals surface area contributed by atoms with E-state index in [-0.39, 0.29) is 0 Å². The molecule has 1 aromatic rings. The standard InChI is InChI=1S/C11H15BrClN3/c12-9-4-8(13)6-16-11(9)15-5-7-2-1-3-10(7)14/h4,6-7,10H,1-3,5,14H2,(H,15,16). The largest absolute Gasteiger partial charge is 0.369 e. The molecule has 1 aliphatic carbocycles. The highest BCUT2D eigenvalue weighted by atomic mass is 79.9. The Balaban J connectivity index is 1.94. The van der Waals surface area contributed by atoms with E-state index >= 15 is 0 Å². The molecule has 2 atom stereocenters. The Morgan fingerprint density at radius 3 is 3.00 bits per heavy atom. The third-order valence-corrected chi connectivity index (χ3v) is 3.87. The molecule has 16 heavy (non-hydrogen) atoms. The van der Waals surface area contributed by atoms with Crippen LogP contribution in [0.15, 0.2) is 16.7 Å². The molecular weight excluding hydrogens is 289 g/mol. The molecule has 1 aromatic heterocycles. The Morgan fingerprint density at radius 2 is 2.38 bits per heavy atom. The second-order valence-electron chi connectivity index (χ2n) is 4.22. The number of nitrogens with one attached hydrogen (secondary N) is 1. The van der Waals surface area contributed by atoms with Crippen molar-refractivity contribution in [3.8, 4) is 0 Å². The molecule has 3 N–H and O–H groups in total. The molecule has 0 radical (unpaired) electrons. The molecule has 2 unspecified atom stereocenters. The van der Waals surface area contributed by atoms with E-state index < -0.39 is 0 Å². The number of pyridine rings is 1. The van der Waals surface area contributed by atoms with Crippen LogP contribution in [0.2, 0.25) is 5.02 Å². The molecular formula is C11H15BrClN3. The van der Waals surface area contributed by atoms with Crippen molar-refractivity contribution in [1.29, 1.82) is 0 Å². The van der Waals surface area contributed by atoms with Crippen molar-refractivity contribution in [1.82, 2.24) is 4.98 Å². The summed E-state index contributed by atoms with van der Waals surface area (Å²) >= 11 is 9.26. The molecule has 1 heterocycles. The fourth-order valence-electron chi connectivity index (χ4n) is 2.09. The van der Waals surface area contributed by atoms with Gasteiger partial charge in [0.1, 0.15) is 5.82 Å². The first-order chi connectivity index (χ1) is 7.66. The van der Waals surface area contributed by atoms with Crippen LogP contribution in [0, 0.1) is 5.92 Å². The quantitative estimate of drug-likeness (QED) is 0.902. The van der Waals surface area contributed by atoms with Gasteiger partial charge in [-0.25, -0.2) is 4.98 Å². The molecule has 3 nitrogen and oxygen atoms in total. The van der Waals surface area contributed by atoms with E-state index in [9.17, 15) is 0 Å². The first-order valence-electron chi connectivity index (χ1n) is 5.47. The molecule has 88 valence electrons. The fourth-order valence-corrected chi connectivity index (χ4v) is 2.87. The number of hydrogen-bond acceptors (Lipinski definition) is 3. The van der Waals surface area contributed by atoms with Gasteiger partial charge in [0.05, 0.1) is 9.50 Å². The van der Waals surface area contributed by atoms with Crippen molar-refractivity contribution in [3.63, 3.8) is 0 Å². The van der Waals surface area contributed by atoms with Gasteiger partial charge in [-0.3, -0.25) is 0 Å². The summed E-state index contributed by atoms with van der Waals surface area (Å²) in [6, 6.07) is 2.17. The molecule has 2 rings (SSSR count). The van der Waals surface area contributed by atoms with Crippen LogP contribution in [0.4, 0.5) is 5.82 Å². The lowest BCUT2D eigenvalue weighted by molar-refractivity contribution is 0.504. The smallest absolute Gasteiger partial charge is 0.140 e. The van der Waals surface area contributed by atoms with Gasteiger partial charge >= 0.3 is 0 Å². The number of nitrogens with zero attached hydrogens (tertiary/aromatic N) is 1. The zero-order chi connectivity index (χ0) is 11.5. The minimum absolute atomic E-state index is 0.332. The second-order valence-corrected chi connectivity index (χ2v) is 5.51. The molecule has 0 aliphatic heterocycles. The van der Waals surface area contributed by atoms with Crippen molar-refractivity contribution in [2.45, 2.75) is 25.3 Å². The third kappa shape index (κ3) is 2.87. The lowest BCUT2D eigenvalue weighted by Crippen LogP contribution is -2.29. The van der Waals surface area contributed by atoms with Crippen molar-refractivity contribution in [2.24, 2.45) is 11.7 Å². The first-order valence-corrected chi connectivity index (χ1v) is 6.64. The van der Waals surface area contributed by atoms with E-state index in [0.717, 1.165) is 23.3 Å². The highest BCUT2D eigenvalue weighted by Gasteiger charge is 2.23. The highest BCUT2D eigenvalue weighted by molar-refractivity contribution is 9.10. The van der Waals surface area contributed by atoms with Gasteiger partial charge in [0, 0.05) is 18.8 Å². The van der Waals surface area contributed by atoms with Gasteiger partial charge in [-0.15, -0.1) is 0 Å². The maximum absolute atomic E-state index is 6.01. The van der Waals surface area contributed by atoms with Gasteiger partial charge < -0.3 is 11.1 Å². The van der Waals surface area contributed by atoms with Crippen LogP contribution in [0.3, 0.4) is 0 Å². The number of hydrogen-bond donors (Lipinski definition) is 2. The monoisotopic (exact) mass is 303 g/mol. The number of nitrogens with two attached hydrogens (primary N) is 1. The predicted molar refractivity (Wildman–Crippen MR) is 70.8 cm³/mol. The van der Waals surface area contributed by atoms with Crippen LogP contribution in [0.5, 0.6) is 0 Å². The number of halogens is 2. The molecule has 0 spiro atoms. The third-order valence-electron chi connectivity index (χ3n) is 3.06. The van der Waals surface area contributed by atoms with E-state index in [2.05, 4.69) is 26.2 Å². The zero-order valence-corrected chi connectivity index (χ0v) is 11.3. The van der Waals surface area contributed by atoms with Crippen LogP contribution < -0.4 is 11.1 Å². The molecule has 0 bridgehead atoms. The van der Waals surface area contributed by atoms with Crippen molar-refractivity contribution >= 4 is 33.3 Å². The van der Waals surface area contributed by atoms with Crippen molar-refractivity contribution in [2.75, 3.05) is 11.9 Å². The van der Waals surface area contributed by atoms with Crippen molar-refractivity contribution in [3.05, 3.63) is 21.8 Å². The Labute approximate surface area is 109 Å². The van der Waals surface area contributed by atoms with Crippen LogP contribution >= 0.6 is 27.5 Å².